The lowest BCUT2D eigenvalue weighted by Crippen LogP contribution is -2.17. The summed E-state index contributed by atoms with van der Waals surface area (Å²) in [4.78, 5) is 11.3. The molecule has 94 valence electrons. The topological polar surface area (TPSA) is 38.3 Å². The number of carbonyl (C=O) groups is 1. The number of anilines is 1. The van der Waals surface area contributed by atoms with E-state index in [0.29, 0.717) is 0 Å². The molecule has 0 spiro atoms. The van der Waals surface area contributed by atoms with E-state index in [2.05, 4.69) is 10.1 Å². The Labute approximate surface area is 96.6 Å². The maximum Gasteiger partial charge on any atom is 0.387 e. The zero-order valence-corrected chi connectivity index (χ0v) is 9.34. The van der Waals surface area contributed by atoms with Crippen molar-refractivity contribution in [3.63, 3.8) is 0 Å². The van der Waals surface area contributed by atoms with E-state index in [0.717, 1.165) is 12.1 Å². The average Bonchev–Trinajstić information content (AvgIpc) is 2.21. The number of carbonyl (C=O) groups excluding carboxylic acids is 1. The van der Waals surface area contributed by atoms with E-state index in [-0.39, 0.29) is 17.5 Å². The molecule has 3 nitrogen and oxygen atoms in total. The normalized spacial score (nSPS) is 10.8. The Hall–Kier alpha value is -1.72. The van der Waals surface area contributed by atoms with Crippen LogP contribution in [0.15, 0.2) is 18.2 Å². The van der Waals surface area contributed by atoms with Gasteiger partial charge in [-0.2, -0.15) is 8.78 Å². The lowest BCUT2D eigenvalue weighted by molar-refractivity contribution is -0.118. The molecule has 0 bridgehead atoms. The molecule has 0 saturated carbocycles. The molecule has 0 aliphatic carbocycles. The predicted molar refractivity (Wildman–Crippen MR) is 56.5 cm³/mol. The molecule has 0 fully saturated rings. The minimum atomic E-state index is -3.08. The van der Waals surface area contributed by atoms with Gasteiger partial charge in [-0.15, -0.1) is 0 Å². The Morgan fingerprint density at radius 3 is 2.47 bits per heavy atom. The van der Waals surface area contributed by atoms with Crippen LogP contribution in [-0.2, 0) is 4.79 Å². The SMILES string of the molecule is CC(C)C(=O)Nc1ccc(OC(F)F)c(F)c1. The van der Waals surface area contributed by atoms with Crippen LogP contribution in [0.25, 0.3) is 0 Å². The van der Waals surface area contributed by atoms with Crippen molar-refractivity contribution in [3.8, 4) is 5.75 Å². The van der Waals surface area contributed by atoms with Crippen LogP contribution in [0.3, 0.4) is 0 Å². The number of alkyl halides is 2. The minimum absolute atomic E-state index is 0.197. The second kappa shape index (κ2) is 5.56. The van der Waals surface area contributed by atoms with Crippen LogP contribution in [0.2, 0.25) is 0 Å². The number of benzene rings is 1. The van der Waals surface area contributed by atoms with Crippen molar-refractivity contribution in [3.05, 3.63) is 24.0 Å². The highest BCUT2D eigenvalue weighted by molar-refractivity contribution is 5.92. The third-order valence-electron chi connectivity index (χ3n) is 1.94. The smallest absolute Gasteiger partial charge is 0.387 e. The fourth-order valence-electron chi connectivity index (χ4n) is 1.06. The molecule has 0 heterocycles. The Morgan fingerprint density at radius 2 is 2.00 bits per heavy atom. The Bertz CT molecular complexity index is 408. The summed E-state index contributed by atoms with van der Waals surface area (Å²) in [5.74, 6) is -2.05. The first-order valence-electron chi connectivity index (χ1n) is 4.95. The summed E-state index contributed by atoms with van der Waals surface area (Å²) in [7, 11) is 0. The monoisotopic (exact) mass is 247 g/mol. The van der Waals surface area contributed by atoms with Crippen molar-refractivity contribution in [2.24, 2.45) is 5.92 Å². The molecule has 0 atom stereocenters. The Kier molecular flexibility index (Phi) is 4.37. The molecule has 17 heavy (non-hydrogen) atoms. The van der Waals surface area contributed by atoms with Crippen LogP contribution in [0.1, 0.15) is 13.8 Å². The highest BCUT2D eigenvalue weighted by Gasteiger charge is 2.12. The first kappa shape index (κ1) is 13.3. The molecule has 0 aliphatic rings. The van der Waals surface area contributed by atoms with Crippen LogP contribution in [0, 0.1) is 11.7 Å². The quantitative estimate of drug-likeness (QED) is 0.888. The van der Waals surface area contributed by atoms with E-state index < -0.39 is 18.2 Å². The zero-order chi connectivity index (χ0) is 13.0. The van der Waals surface area contributed by atoms with Gasteiger partial charge in [0, 0.05) is 17.7 Å². The second-order valence-electron chi connectivity index (χ2n) is 3.67. The third-order valence-corrected chi connectivity index (χ3v) is 1.94. The molecule has 0 saturated heterocycles. The van der Waals surface area contributed by atoms with E-state index in [4.69, 9.17) is 0 Å². The molecule has 1 aromatic carbocycles. The van der Waals surface area contributed by atoms with Crippen LogP contribution >= 0.6 is 0 Å². The lowest BCUT2D eigenvalue weighted by Gasteiger charge is -2.10. The molecule has 1 rings (SSSR count). The summed E-state index contributed by atoms with van der Waals surface area (Å²) < 4.78 is 40.9. The van der Waals surface area contributed by atoms with E-state index in [1.54, 1.807) is 13.8 Å². The van der Waals surface area contributed by atoms with Gasteiger partial charge in [-0.05, 0) is 12.1 Å². The molecular weight excluding hydrogens is 235 g/mol. The summed E-state index contributed by atoms with van der Waals surface area (Å²) in [5, 5.41) is 2.44. The van der Waals surface area contributed by atoms with Gasteiger partial charge >= 0.3 is 6.61 Å². The summed E-state index contributed by atoms with van der Waals surface area (Å²) >= 11 is 0. The second-order valence-corrected chi connectivity index (χ2v) is 3.67. The number of amides is 1. The van der Waals surface area contributed by atoms with Crippen molar-refractivity contribution in [2.75, 3.05) is 5.32 Å². The molecule has 0 radical (unpaired) electrons. The van der Waals surface area contributed by atoms with Crippen molar-refractivity contribution >= 4 is 11.6 Å². The number of nitrogens with one attached hydrogen (secondary N) is 1. The fraction of sp³-hybridized carbons (Fsp3) is 0.364. The van der Waals surface area contributed by atoms with Gasteiger partial charge in [-0.3, -0.25) is 4.79 Å². The van der Waals surface area contributed by atoms with E-state index in [9.17, 15) is 18.0 Å². The lowest BCUT2D eigenvalue weighted by atomic mass is 10.2. The van der Waals surface area contributed by atoms with Crippen molar-refractivity contribution < 1.29 is 22.7 Å². The highest BCUT2D eigenvalue weighted by atomic mass is 19.3. The Balaban J connectivity index is 2.78. The molecule has 0 aliphatic heterocycles. The van der Waals surface area contributed by atoms with Gasteiger partial charge in [0.1, 0.15) is 0 Å². The zero-order valence-electron chi connectivity index (χ0n) is 9.34. The maximum absolute atomic E-state index is 13.3. The number of hydrogen-bond acceptors (Lipinski definition) is 2. The summed E-state index contributed by atoms with van der Waals surface area (Å²) in [6.45, 7) is 0.278. The van der Waals surface area contributed by atoms with Gasteiger partial charge < -0.3 is 10.1 Å². The van der Waals surface area contributed by atoms with Gasteiger partial charge in [0.2, 0.25) is 5.91 Å². The van der Waals surface area contributed by atoms with E-state index in [1.807, 2.05) is 0 Å². The predicted octanol–water partition coefficient (Wildman–Crippen LogP) is 3.02. The molecule has 1 N–H and O–H groups in total. The summed E-state index contributed by atoms with van der Waals surface area (Å²) in [6, 6.07) is 3.26. The van der Waals surface area contributed by atoms with Crippen molar-refractivity contribution in [2.45, 2.75) is 20.5 Å². The van der Waals surface area contributed by atoms with Crippen LogP contribution < -0.4 is 10.1 Å². The number of ether oxygens (including phenoxy) is 1. The number of hydrogen-bond donors (Lipinski definition) is 1. The van der Waals surface area contributed by atoms with E-state index in [1.165, 1.54) is 6.07 Å². The van der Waals surface area contributed by atoms with E-state index >= 15 is 0 Å². The Morgan fingerprint density at radius 1 is 1.35 bits per heavy atom. The maximum atomic E-state index is 13.3. The molecule has 0 aromatic heterocycles. The minimum Gasteiger partial charge on any atom is -0.432 e. The average molecular weight is 247 g/mol. The third kappa shape index (κ3) is 3.97. The molecule has 1 amide bonds. The van der Waals surface area contributed by atoms with Gasteiger partial charge in [0.15, 0.2) is 11.6 Å². The first-order valence-corrected chi connectivity index (χ1v) is 4.95. The van der Waals surface area contributed by atoms with Gasteiger partial charge in [0.05, 0.1) is 0 Å². The van der Waals surface area contributed by atoms with Crippen LogP contribution in [-0.4, -0.2) is 12.5 Å². The highest BCUT2D eigenvalue weighted by Crippen LogP contribution is 2.23. The molecule has 0 unspecified atom stereocenters. The van der Waals surface area contributed by atoms with Gasteiger partial charge in [-0.1, -0.05) is 13.8 Å². The number of halogens is 3. The van der Waals surface area contributed by atoms with Crippen molar-refractivity contribution in [1.82, 2.24) is 0 Å². The first-order chi connectivity index (χ1) is 7.90. The van der Waals surface area contributed by atoms with Gasteiger partial charge in [0.25, 0.3) is 0 Å². The summed E-state index contributed by atoms with van der Waals surface area (Å²) in [5.41, 5.74) is 0.197. The van der Waals surface area contributed by atoms with Crippen LogP contribution in [0.4, 0.5) is 18.9 Å². The fourth-order valence-corrected chi connectivity index (χ4v) is 1.06. The molecule has 1 aromatic rings. The molecule has 6 heteroatoms. The molecular formula is C11H12F3NO2. The standard InChI is InChI=1S/C11H12F3NO2/c1-6(2)10(16)15-7-3-4-9(8(12)5-7)17-11(13)14/h3-6,11H,1-2H3,(H,15,16). The number of rotatable bonds is 4. The van der Waals surface area contributed by atoms with Crippen molar-refractivity contribution in [1.29, 1.82) is 0 Å². The van der Waals surface area contributed by atoms with Crippen LogP contribution in [0.5, 0.6) is 5.75 Å². The van der Waals surface area contributed by atoms with Gasteiger partial charge in [-0.25, -0.2) is 4.39 Å². The summed E-state index contributed by atoms with van der Waals surface area (Å²) in [6.07, 6.45) is 0. The largest absolute Gasteiger partial charge is 0.432 e.